The Morgan fingerprint density at radius 3 is 1.37 bits per heavy atom. The average molecular weight is 605 g/mol. The van der Waals surface area contributed by atoms with Gasteiger partial charge in [0.05, 0.1) is 5.39 Å². The van der Waals surface area contributed by atoms with Crippen LogP contribution >= 0.6 is 0 Å². The van der Waals surface area contributed by atoms with Crippen LogP contribution in [0.25, 0.3) is 75.5 Å². The van der Waals surface area contributed by atoms with Crippen LogP contribution in [0.1, 0.15) is 11.1 Å². The Morgan fingerprint density at radius 2 is 0.870 bits per heavy atom. The molecule has 12 bridgehead atoms. The summed E-state index contributed by atoms with van der Waals surface area (Å²) in [4.78, 5) is 0. The number of aryl methyl sites for hydroxylation is 2. The van der Waals surface area contributed by atoms with Crippen LogP contribution in [0, 0.1) is 6.92 Å². The van der Waals surface area contributed by atoms with E-state index in [1.54, 1.807) is 23.7 Å². The molecule has 1 heterocycles. The summed E-state index contributed by atoms with van der Waals surface area (Å²) in [5, 5.41) is 11.9. The largest absolute Gasteiger partial charge is 0.422 e. The molecule has 8 rings (SSSR count). The number of rotatable bonds is 0. The molecule has 4 heteroatoms. The Bertz CT molecular complexity index is 2650. The number of hydrogen-bond donors (Lipinski definition) is 0. The smallest absolute Gasteiger partial charge is 0.200 e. The molecule has 222 valence electrons. The highest BCUT2D eigenvalue weighted by Gasteiger charge is 2.35. The molecule has 46 heavy (non-hydrogen) atoms. The van der Waals surface area contributed by atoms with Crippen molar-refractivity contribution < 1.29 is 17.7 Å². The van der Waals surface area contributed by atoms with E-state index in [9.17, 15) is 13.2 Å². The summed E-state index contributed by atoms with van der Waals surface area (Å²) >= 11 is 0. The molecular formula is C42H29F3N+. The molecule has 7 aromatic carbocycles. The van der Waals surface area contributed by atoms with Gasteiger partial charge in [-0.2, -0.15) is 13.2 Å². The zero-order valence-corrected chi connectivity index (χ0v) is 25.4. The van der Waals surface area contributed by atoms with E-state index in [0.29, 0.717) is 10.9 Å². The highest BCUT2D eigenvalue weighted by Crippen LogP contribution is 2.37. The third kappa shape index (κ3) is 4.69. The molecule has 8 aromatic rings. The number of pyridine rings is 1. The van der Waals surface area contributed by atoms with Crippen molar-refractivity contribution >= 4 is 75.5 Å². The van der Waals surface area contributed by atoms with E-state index in [2.05, 4.69) is 85.8 Å². The molecule has 0 N–H and O–H groups in total. The number of fused-ring (bicyclic) bond motifs is 20. The fourth-order valence-electron chi connectivity index (χ4n) is 6.90. The lowest BCUT2D eigenvalue weighted by Crippen LogP contribution is -2.30. The molecule has 0 radical (unpaired) electrons. The van der Waals surface area contributed by atoms with E-state index in [0.717, 1.165) is 64.8 Å². The van der Waals surface area contributed by atoms with Crippen molar-refractivity contribution in [1.82, 2.24) is 0 Å². The summed E-state index contributed by atoms with van der Waals surface area (Å²) in [6.07, 6.45) is -3.30. The highest BCUT2D eigenvalue weighted by molar-refractivity contribution is 6.14. The van der Waals surface area contributed by atoms with Gasteiger partial charge in [-0.3, -0.25) is 0 Å². The lowest BCUT2D eigenvalue weighted by molar-refractivity contribution is -0.645. The molecule has 0 aliphatic heterocycles. The van der Waals surface area contributed by atoms with Crippen LogP contribution in [0.2, 0.25) is 0 Å². The van der Waals surface area contributed by atoms with Crippen LogP contribution < -0.4 is 4.57 Å². The second-order valence-electron chi connectivity index (χ2n) is 12.1. The Kier molecular flexibility index (Phi) is 6.43. The molecule has 0 spiro atoms. The van der Waals surface area contributed by atoms with Crippen molar-refractivity contribution in [2.45, 2.75) is 13.1 Å². The SMILES string of the molecule is Cc1c2ccccc2c2cc1c1cc(c(C(F)(F)F)c[n+]1C)c1cccc(c1)c1cccc(c1)c1cccc(c1)c1cccc2c1. The third-order valence-corrected chi connectivity index (χ3v) is 9.24. The molecule has 0 saturated carbocycles. The zero-order chi connectivity index (χ0) is 31.6. The summed E-state index contributed by atoms with van der Waals surface area (Å²) in [6, 6.07) is 44.8. The fourth-order valence-corrected chi connectivity index (χ4v) is 6.90. The minimum atomic E-state index is -4.53. The van der Waals surface area contributed by atoms with Gasteiger partial charge in [-0.25, -0.2) is 4.57 Å². The summed E-state index contributed by atoms with van der Waals surface area (Å²) in [5.41, 5.74) is 1.07. The van der Waals surface area contributed by atoms with Crippen molar-refractivity contribution in [3.63, 3.8) is 0 Å². The number of nitrogens with zero attached hydrogens (tertiary/aromatic N) is 1. The van der Waals surface area contributed by atoms with Crippen molar-refractivity contribution in [1.29, 1.82) is 0 Å². The standard InChI is InChI=1S/C42H29F3N/c1-26-35-17-3-4-18-36(35)38-23-37(26)41-24-39(40(25-46(41)2)42(43,44)45)34-16-8-14-32(22-34)30-12-6-10-28(20-30)27-9-5-11-29(19-27)31-13-7-15-33(38)21-31/h3-25H,1-2H3/q+1. The molecule has 0 saturated heterocycles. The van der Waals surface area contributed by atoms with E-state index in [-0.39, 0.29) is 5.39 Å². The van der Waals surface area contributed by atoms with Gasteiger partial charge >= 0.3 is 6.18 Å². The van der Waals surface area contributed by atoms with Crippen molar-refractivity contribution in [2.75, 3.05) is 0 Å². The van der Waals surface area contributed by atoms with Gasteiger partial charge in [-0.15, -0.1) is 0 Å². The summed E-state index contributed by atoms with van der Waals surface area (Å²) in [5.74, 6) is 0. The number of halogens is 3. The minimum absolute atomic E-state index is 0.156. The first-order chi connectivity index (χ1) is 22.2. The lowest BCUT2D eigenvalue weighted by Gasteiger charge is -2.11. The van der Waals surface area contributed by atoms with Gasteiger partial charge in [0.25, 0.3) is 0 Å². The molecular weight excluding hydrogens is 575 g/mol. The Hall–Kier alpha value is -5.48. The number of aromatic nitrogens is 1. The predicted octanol–water partition coefficient (Wildman–Crippen LogP) is 11.6. The first kappa shape index (κ1) is 28.0. The topological polar surface area (TPSA) is 3.88 Å². The second kappa shape index (κ2) is 10.6. The lowest BCUT2D eigenvalue weighted by atomic mass is 9.95. The molecule has 0 fully saturated rings. The van der Waals surface area contributed by atoms with Crippen molar-refractivity contribution in [3.8, 4) is 0 Å². The van der Waals surface area contributed by atoms with E-state index in [4.69, 9.17) is 0 Å². The normalized spacial score (nSPS) is 12.0. The molecule has 0 aliphatic rings. The molecule has 1 aromatic heterocycles. The first-order valence-electron chi connectivity index (χ1n) is 15.3. The molecule has 0 unspecified atom stereocenters. The van der Waals surface area contributed by atoms with Crippen LogP contribution in [0.15, 0.2) is 140 Å². The van der Waals surface area contributed by atoms with Crippen LogP contribution in [-0.2, 0) is 13.2 Å². The Labute approximate surface area is 263 Å². The van der Waals surface area contributed by atoms with Crippen molar-refractivity contribution in [3.05, 3.63) is 151 Å². The van der Waals surface area contributed by atoms with Gasteiger partial charge in [0, 0.05) is 11.5 Å². The molecule has 1 nitrogen and oxygen atoms in total. The maximum Gasteiger partial charge on any atom is 0.422 e. The average Bonchev–Trinajstić information content (AvgIpc) is 3.08. The Morgan fingerprint density at radius 1 is 0.435 bits per heavy atom. The van der Waals surface area contributed by atoms with E-state index >= 15 is 0 Å². The number of hydrogen-bond acceptors (Lipinski definition) is 0. The number of alkyl halides is 3. The van der Waals surface area contributed by atoms with Gasteiger partial charge in [0.15, 0.2) is 6.20 Å². The minimum Gasteiger partial charge on any atom is -0.200 e. The quantitative estimate of drug-likeness (QED) is 0.152. The molecule has 0 aliphatic carbocycles. The monoisotopic (exact) mass is 604 g/mol. The van der Waals surface area contributed by atoms with Gasteiger partial charge < -0.3 is 0 Å². The molecule has 0 atom stereocenters. The van der Waals surface area contributed by atoms with Gasteiger partial charge in [0.1, 0.15) is 12.6 Å². The first-order valence-corrected chi connectivity index (χ1v) is 15.3. The second-order valence-corrected chi connectivity index (χ2v) is 12.1. The Balaban J connectivity index is 1.69. The maximum atomic E-state index is 14.7. The highest BCUT2D eigenvalue weighted by atomic mass is 19.4. The van der Waals surface area contributed by atoms with Gasteiger partial charge in [-0.1, -0.05) is 97.1 Å². The maximum absolute atomic E-state index is 14.7. The van der Waals surface area contributed by atoms with E-state index < -0.39 is 11.7 Å². The van der Waals surface area contributed by atoms with E-state index in [1.807, 2.05) is 42.5 Å². The predicted molar refractivity (Wildman–Crippen MR) is 186 cm³/mol. The van der Waals surface area contributed by atoms with Crippen LogP contribution in [-0.4, -0.2) is 0 Å². The van der Waals surface area contributed by atoms with Gasteiger partial charge in [-0.05, 0) is 102 Å². The van der Waals surface area contributed by atoms with Crippen LogP contribution in [0.3, 0.4) is 0 Å². The molecule has 0 amide bonds. The van der Waals surface area contributed by atoms with Crippen LogP contribution in [0.4, 0.5) is 13.2 Å². The van der Waals surface area contributed by atoms with Crippen LogP contribution in [0.5, 0.6) is 0 Å². The van der Waals surface area contributed by atoms with Gasteiger partial charge in [0.2, 0.25) is 5.52 Å². The zero-order valence-electron chi connectivity index (χ0n) is 25.4. The number of benzene rings is 6. The third-order valence-electron chi connectivity index (χ3n) is 9.24. The van der Waals surface area contributed by atoms with E-state index in [1.165, 1.54) is 6.20 Å². The summed E-state index contributed by atoms with van der Waals surface area (Å²) in [6.45, 7) is 2.06. The summed E-state index contributed by atoms with van der Waals surface area (Å²) in [7, 11) is 1.70. The summed E-state index contributed by atoms with van der Waals surface area (Å²) < 4.78 is 45.6. The fraction of sp³-hybridized carbons (Fsp3) is 0.0714. The van der Waals surface area contributed by atoms with Crippen molar-refractivity contribution in [2.24, 2.45) is 7.05 Å².